The van der Waals surface area contributed by atoms with Gasteiger partial charge in [0.2, 0.25) is 0 Å². The Kier molecular flexibility index (Phi) is 4.39. The van der Waals surface area contributed by atoms with Gasteiger partial charge in [0, 0.05) is 49.0 Å². The predicted octanol–water partition coefficient (Wildman–Crippen LogP) is 3.02. The summed E-state index contributed by atoms with van der Waals surface area (Å²) in [6, 6.07) is 14.9. The summed E-state index contributed by atoms with van der Waals surface area (Å²) in [5.74, 6) is 0. The van der Waals surface area contributed by atoms with Gasteiger partial charge in [-0.15, -0.1) is 0 Å². The minimum absolute atomic E-state index is 0.778. The number of hydrogen-bond donors (Lipinski definition) is 1. The van der Waals surface area contributed by atoms with E-state index in [9.17, 15) is 0 Å². The molecule has 1 aromatic heterocycles. The highest BCUT2D eigenvalue weighted by Gasteiger charge is 2.13. The first kappa shape index (κ1) is 15.7. The Morgan fingerprint density at radius 1 is 1.04 bits per heavy atom. The Labute approximate surface area is 147 Å². The van der Waals surface area contributed by atoms with Gasteiger partial charge >= 0.3 is 0 Å². The molecule has 1 aliphatic heterocycles. The fourth-order valence-electron chi connectivity index (χ4n) is 3.21. The Bertz CT molecular complexity index is 821. The molecule has 0 spiro atoms. The first-order valence-electron chi connectivity index (χ1n) is 8.57. The topological polar surface area (TPSA) is 56.3 Å². The Morgan fingerprint density at radius 2 is 1.84 bits per heavy atom. The zero-order valence-electron chi connectivity index (χ0n) is 14.1. The largest absolute Gasteiger partial charge is 0.398 e. The molecule has 1 aliphatic rings. The van der Waals surface area contributed by atoms with Gasteiger partial charge in [0.15, 0.2) is 0 Å². The lowest BCUT2D eigenvalue weighted by Gasteiger charge is -2.29. The number of benzene rings is 2. The molecule has 2 aromatic carbocycles. The van der Waals surface area contributed by atoms with Gasteiger partial charge in [-0.2, -0.15) is 0 Å². The maximum Gasteiger partial charge on any atom is 0.0949 e. The monoisotopic (exact) mass is 334 g/mol. The van der Waals surface area contributed by atoms with Crippen LogP contribution in [0.4, 0.5) is 11.4 Å². The van der Waals surface area contributed by atoms with Crippen molar-refractivity contribution in [3.8, 4) is 11.1 Å². The average molecular weight is 334 g/mol. The smallest absolute Gasteiger partial charge is 0.0949 e. The quantitative estimate of drug-likeness (QED) is 0.745. The molecule has 2 N–H and O–H groups in total. The van der Waals surface area contributed by atoms with E-state index in [0.29, 0.717) is 0 Å². The summed E-state index contributed by atoms with van der Waals surface area (Å²) in [6.07, 6.45) is 5.59. The number of aromatic nitrogens is 2. The van der Waals surface area contributed by atoms with E-state index in [4.69, 9.17) is 10.5 Å². The van der Waals surface area contributed by atoms with E-state index in [2.05, 4.69) is 56.9 Å². The second kappa shape index (κ2) is 6.99. The van der Waals surface area contributed by atoms with Crippen molar-refractivity contribution in [2.45, 2.75) is 6.54 Å². The number of imidazole rings is 1. The van der Waals surface area contributed by atoms with E-state index in [1.165, 1.54) is 11.3 Å². The number of hydrogen-bond acceptors (Lipinski definition) is 4. The lowest BCUT2D eigenvalue weighted by molar-refractivity contribution is 0.122. The van der Waals surface area contributed by atoms with Gasteiger partial charge in [0.1, 0.15) is 0 Å². The fourth-order valence-corrected chi connectivity index (χ4v) is 3.21. The summed E-state index contributed by atoms with van der Waals surface area (Å²) in [7, 11) is 0. The van der Waals surface area contributed by atoms with Gasteiger partial charge in [-0.3, -0.25) is 0 Å². The minimum Gasteiger partial charge on any atom is -0.398 e. The molecule has 0 unspecified atom stereocenters. The molecule has 0 radical (unpaired) electrons. The first-order valence-corrected chi connectivity index (χ1v) is 8.57. The predicted molar refractivity (Wildman–Crippen MR) is 101 cm³/mol. The van der Waals surface area contributed by atoms with Crippen LogP contribution in [-0.4, -0.2) is 35.9 Å². The number of nitrogen functional groups attached to an aromatic ring is 1. The summed E-state index contributed by atoms with van der Waals surface area (Å²) in [4.78, 5) is 6.39. The fraction of sp³-hybridized carbons (Fsp3) is 0.250. The van der Waals surface area contributed by atoms with Crippen molar-refractivity contribution < 1.29 is 4.74 Å². The Morgan fingerprint density at radius 3 is 2.52 bits per heavy atom. The van der Waals surface area contributed by atoms with Crippen molar-refractivity contribution in [1.29, 1.82) is 0 Å². The van der Waals surface area contributed by atoms with Gasteiger partial charge in [-0.05, 0) is 23.3 Å². The zero-order chi connectivity index (χ0) is 17.1. The third kappa shape index (κ3) is 3.51. The summed E-state index contributed by atoms with van der Waals surface area (Å²) >= 11 is 0. The van der Waals surface area contributed by atoms with Crippen LogP contribution in [0.3, 0.4) is 0 Å². The molecular weight excluding hydrogens is 312 g/mol. The summed E-state index contributed by atoms with van der Waals surface area (Å²) in [6.45, 7) is 4.22. The normalized spacial score (nSPS) is 14.6. The number of nitrogens with two attached hydrogens (primary N) is 1. The van der Waals surface area contributed by atoms with Gasteiger partial charge in [-0.25, -0.2) is 4.98 Å². The van der Waals surface area contributed by atoms with Crippen molar-refractivity contribution in [3.63, 3.8) is 0 Å². The maximum atomic E-state index is 6.34. The van der Waals surface area contributed by atoms with Crippen LogP contribution in [0.2, 0.25) is 0 Å². The van der Waals surface area contributed by atoms with Crippen LogP contribution in [0, 0.1) is 0 Å². The average Bonchev–Trinajstić information content (AvgIpc) is 3.16. The molecule has 0 saturated carbocycles. The molecule has 0 atom stereocenters. The molecule has 25 heavy (non-hydrogen) atoms. The van der Waals surface area contributed by atoms with Gasteiger partial charge in [0.05, 0.1) is 19.5 Å². The number of rotatable bonds is 4. The van der Waals surface area contributed by atoms with Crippen LogP contribution in [0.1, 0.15) is 5.56 Å². The van der Waals surface area contributed by atoms with E-state index in [0.717, 1.165) is 49.7 Å². The lowest BCUT2D eigenvalue weighted by atomic mass is 10.0. The molecule has 128 valence electrons. The van der Waals surface area contributed by atoms with Crippen LogP contribution >= 0.6 is 0 Å². The van der Waals surface area contributed by atoms with Crippen LogP contribution in [0.5, 0.6) is 0 Å². The lowest BCUT2D eigenvalue weighted by Crippen LogP contribution is -2.36. The standard InChI is InChI=1S/C20H22N4O/c21-20-13-18(24-9-11-25-12-10-24)5-6-19(20)17-3-1-16(2-4-17)14-23-8-7-22-15-23/h1-8,13,15H,9-12,14,21H2. The van der Waals surface area contributed by atoms with Crippen molar-refractivity contribution in [2.75, 3.05) is 36.9 Å². The highest BCUT2D eigenvalue weighted by Crippen LogP contribution is 2.30. The molecule has 1 saturated heterocycles. The van der Waals surface area contributed by atoms with Gasteiger partial charge in [0.25, 0.3) is 0 Å². The van der Waals surface area contributed by atoms with Crippen LogP contribution in [0.15, 0.2) is 61.2 Å². The van der Waals surface area contributed by atoms with E-state index >= 15 is 0 Å². The molecule has 5 heteroatoms. The Balaban J connectivity index is 1.52. The van der Waals surface area contributed by atoms with Gasteiger partial charge in [-0.1, -0.05) is 30.3 Å². The van der Waals surface area contributed by atoms with Crippen molar-refractivity contribution in [2.24, 2.45) is 0 Å². The zero-order valence-corrected chi connectivity index (χ0v) is 14.1. The number of anilines is 2. The third-order valence-electron chi connectivity index (χ3n) is 4.60. The molecule has 1 fully saturated rings. The highest BCUT2D eigenvalue weighted by atomic mass is 16.5. The molecule has 0 amide bonds. The van der Waals surface area contributed by atoms with E-state index in [1.807, 2.05) is 12.5 Å². The first-order chi connectivity index (χ1) is 12.3. The summed E-state index contributed by atoms with van der Waals surface area (Å²) in [5.41, 5.74) is 11.8. The van der Waals surface area contributed by atoms with Gasteiger partial charge < -0.3 is 19.9 Å². The van der Waals surface area contributed by atoms with Crippen molar-refractivity contribution in [3.05, 3.63) is 66.7 Å². The summed E-state index contributed by atoms with van der Waals surface area (Å²) < 4.78 is 7.47. The van der Waals surface area contributed by atoms with E-state index in [-0.39, 0.29) is 0 Å². The number of ether oxygens (including phenoxy) is 1. The number of nitrogens with zero attached hydrogens (tertiary/aromatic N) is 3. The van der Waals surface area contributed by atoms with E-state index < -0.39 is 0 Å². The molecule has 3 aromatic rings. The van der Waals surface area contributed by atoms with Crippen LogP contribution in [0.25, 0.3) is 11.1 Å². The molecule has 5 nitrogen and oxygen atoms in total. The molecule has 4 rings (SSSR count). The van der Waals surface area contributed by atoms with Crippen LogP contribution < -0.4 is 10.6 Å². The van der Waals surface area contributed by atoms with E-state index in [1.54, 1.807) is 6.20 Å². The molecule has 0 bridgehead atoms. The third-order valence-corrected chi connectivity index (χ3v) is 4.60. The SMILES string of the molecule is Nc1cc(N2CCOCC2)ccc1-c1ccc(Cn2ccnc2)cc1. The highest BCUT2D eigenvalue weighted by molar-refractivity contribution is 5.79. The summed E-state index contributed by atoms with van der Waals surface area (Å²) in [5, 5.41) is 0. The minimum atomic E-state index is 0.778. The second-order valence-corrected chi connectivity index (χ2v) is 6.30. The van der Waals surface area contributed by atoms with Crippen molar-refractivity contribution in [1.82, 2.24) is 9.55 Å². The molecule has 2 heterocycles. The maximum absolute atomic E-state index is 6.34. The van der Waals surface area contributed by atoms with Crippen molar-refractivity contribution >= 4 is 11.4 Å². The molecular formula is C20H22N4O. The van der Waals surface area contributed by atoms with Crippen LogP contribution in [-0.2, 0) is 11.3 Å². The number of morpholine rings is 1. The molecule has 0 aliphatic carbocycles. The Hall–Kier alpha value is -2.79. The second-order valence-electron chi connectivity index (χ2n) is 6.30.